The normalized spacial score (nSPS) is 18.5. The number of ether oxygens (including phenoxy) is 1. The van der Waals surface area contributed by atoms with Crippen LogP contribution in [0, 0.1) is 6.92 Å². The molecule has 0 spiro atoms. The minimum Gasteiger partial charge on any atom is -0.379 e. The minimum absolute atomic E-state index is 0.231. The van der Waals surface area contributed by atoms with Gasteiger partial charge in [0.1, 0.15) is 0 Å². The minimum atomic E-state index is 0.231. The molecule has 0 amide bonds. The SMILES string of the molecule is Cc1[nH]ncc1[C@@H](C)NC[C@H](c1ccccc1Cl)N1CCOCC1. The molecule has 24 heavy (non-hydrogen) atoms. The Morgan fingerprint density at radius 1 is 1.29 bits per heavy atom. The molecular formula is C18H25ClN4O. The van der Waals surface area contributed by atoms with Crippen molar-refractivity contribution in [3.63, 3.8) is 0 Å². The number of aromatic amines is 1. The number of rotatable bonds is 6. The van der Waals surface area contributed by atoms with Gasteiger partial charge < -0.3 is 10.1 Å². The van der Waals surface area contributed by atoms with Crippen LogP contribution in [0.15, 0.2) is 30.5 Å². The number of halogens is 1. The highest BCUT2D eigenvalue weighted by atomic mass is 35.5. The molecule has 2 aromatic rings. The maximum atomic E-state index is 6.48. The zero-order valence-electron chi connectivity index (χ0n) is 14.3. The summed E-state index contributed by atoms with van der Waals surface area (Å²) in [4.78, 5) is 2.45. The molecule has 0 aliphatic carbocycles. The molecule has 2 heterocycles. The largest absolute Gasteiger partial charge is 0.379 e. The maximum absolute atomic E-state index is 6.48. The molecule has 0 radical (unpaired) electrons. The fourth-order valence-corrected chi connectivity index (χ4v) is 3.53. The van der Waals surface area contributed by atoms with Crippen LogP contribution < -0.4 is 5.32 Å². The van der Waals surface area contributed by atoms with Gasteiger partial charge in [0.05, 0.1) is 19.4 Å². The predicted octanol–water partition coefficient (Wildman–Crippen LogP) is 3.10. The van der Waals surface area contributed by atoms with Crippen LogP contribution in [-0.4, -0.2) is 47.9 Å². The summed E-state index contributed by atoms with van der Waals surface area (Å²) in [5.41, 5.74) is 3.48. The molecule has 3 rings (SSSR count). The number of nitrogens with one attached hydrogen (secondary N) is 2. The number of aromatic nitrogens is 2. The number of aryl methyl sites for hydroxylation is 1. The number of nitrogens with zero attached hydrogens (tertiary/aromatic N) is 2. The Kier molecular flexibility index (Phi) is 5.89. The first kappa shape index (κ1) is 17.4. The van der Waals surface area contributed by atoms with E-state index in [1.807, 2.05) is 25.3 Å². The van der Waals surface area contributed by atoms with E-state index in [0.29, 0.717) is 0 Å². The summed E-state index contributed by atoms with van der Waals surface area (Å²) in [6.07, 6.45) is 1.90. The molecule has 1 saturated heterocycles. The lowest BCUT2D eigenvalue weighted by Gasteiger charge is -2.36. The lowest BCUT2D eigenvalue weighted by Crippen LogP contribution is -2.43. The summed E-state index contributed by atoms with van der Waals surface area (Å²) >= 11 is 6.48. The van der Waals surface area contributed by atoms with Crippen LogP contribution in [-0.2, 0) is 4.74 Å². The number of benzene rings is 1. The summed E-state index contributed by atoms with van der Waals surface area (Å²) in [7, 11) is 0. The van der Waals surface area contributed by atoms with Gasteiger partial charge in [-0.05, 0) is 25.5 Å². The van der Waals surface area contributed by atoms with Crippen LogP contribution in [0.25, 0.3) is 0 Å². The molecule has 5 nitrogen and oxygen atoms in total. The maximum Gasteiger partial charge on any atom is 0.0594 e. The molecule has 2 atom stereocenters. The first-order valence-electron chi connectivity index (χ1n) is 8.46. The molecule has 130 valence electrons. The van der Waals surface area contributed by atoms with E-state index in [-0.39, 0.29) is 12.1 Å². The van der Waals surface area contributed by atoms with Gasteiger partial charge in [0.25, 0.3) is 0 Å². The van der Waals surface area contributed by atoms with Crippen molar-refractivity contribution in [2.75, 3.05) is 32.8 Å². The highest BCUT2D eigenvalue weighted by Gasteiger charge is 2.25. The Balaban J connectivity index is 1.75. The Morgan fingerprint density at radius 3 is 2.71 bits per heavy atom. The number of hydrogen-bond acceptors (Lipinski definition) is 4. The quantitative estimate of drug-likeness (QED) is 0.842. The second-order valence-electron chi connectivity index (χ2n) is 6.27. The van der Waals surface area contributed by atoms with Crippen LogP contribution >= 0.6 is 11.6 Å². The number of hydrogen-bond donors (Lipinski definition) is 2. The molecule has 6 heteroatoms. The fourth-order valence-electron chi connectivity index (χ4n) is 3.27. The Morgan fingerprint density at radius 2 is 2.04 bits per heavy atom. The van der Waals surface area contributed by atoms with E-state index in [9.17, 15) is 0 Å². The van der Waals surface area contributed by atoms with E-state index in [1.165, 1.54) is 11.1 Å². The first-order chi connectivity index (χ1) is 11.7. The number of H-pyrrole nitrogens is 1. The molecule has 1 aliphatic rings. The Labute approximate surface area is 148 Å². The molecule has 1 aromatic carbocycles. The van der Waals surface area contributed by atoms with Gasteiger partial charge in [-0.1, -0.05) is 29.8 Å². The molecule has 1 aromatic heterocycles. The molecule has 1 aliphatic heterocycles. The summed E-state index contributed by atoms with van der Waals surface area (Å²) in [6.45, 7) is 8.45. The highest BCUT2D eigenvalue weighted by Crippen LogP contribution is 2.28. The molecule has 0 bridgehead atoms. The van der Waals surface area contributed by atoms with Gasteiger partial charge in [-0.15, -0.1) is 0 Å². The molecule has 0 unspecified atom stereocenters. The van der Waals surface area contributed by atoms with Gasteiger partial charge in [0.2, 0.25) is 0 Å². The van der Waals surface area contributed by atoms with Gasteiger partial charge >= 0.3 is 0 Å². The summed E-state index contributed by atoms with van der Waals surface area (Å²) in [5, 5.41) is 11.6. The third-order valence-corrected chi connectivity index (χ3v) is 5.05. The summed E-state index contributed by atoms with van der Waals surface area (Å²) < 4.78 is 5.51. The molecular weight excluding hydrogens is 324 g/mol. The highest BCUT2D eigenvalue weighted by molar-refractivity contribution is 6.31. The standard InChI is InChI=1S/C18H25ClN4O/c1-13(16-11-21-22-14(16)2)20-12-18(23-7-9-24-10-8-23)15-5-3-4-6-17(15)19/h3-6,11,13,18,20H,7-10,12H2,1-2H3,(H,21,22)/t13-,18-/m1/s1. The lowest BCUT2D eigenvalue weighted by molar-refractivity contribution is 0.0157. The molecule has 1 fully saturated rings. The van der Waals surface area contributed by atoms with Crippen molar-refractivity contribution < 1.29 is 4.74 Å². The second-order valence-corrected chi connectivity index (χ2v) is 6.67. The number of morpholine rings is 1. The predicted molar refractivity (Wildman–Crippen MR) is 96.3 cm³/mol. The van der Waals surface area contributed by atoms with Crippen molar-refractivity contribution in [1.29, 1.82) is 0 Å². The van der Waals surface area contributed by atoms with Gasteiger partial charge in [-0.3, -0.25) is 10.00 Å². The van der Waals surface area contributed by atoms with Gasteiger partial charge in [0, 0.05) is 48.0 Å². The fraction of sp³-hybridized carbons (Fsp3) is 0.500. The third kappa shape index (κ3) is 3.98. The van der Waals surface area contributed by atoms with Crippen molar-refractivity contribution in [1.82, 2.24) is 20.4 Å². The van der Waals surface area contributed by atoms with Crippen molar-refractivity contribution in [3.05, 3.63) is 52.3 Å². The van der Waals surface area contributed by atoms with Gasteiger partial charge in [-0.25, -0.2) is 0 Å². The zero-order chi connectivity index (χ0) is 16.9. The van der Waals surface area contributed by atoms with Crippen LogP contribution in [0.5, 0.6) is 0 Å². The molecule has 0 saturated carbocycles. The van der Waals surface area contributed by atoms with Gasteiger partial charge in [-0.2, -0.15) is 5.10 Å². The van der Waals surface area contributed by atoms with Crippen LogP contribution in [0.4, 0.5) is 0 Å². The lowest BCUT2D eigenvalue weighted by atomic mass is 10.0. The van der Waals surface area contributed by atoms with Crippen molar-refractivity contribution >= 4 is 11.6 Å². The van der Waals surface area contributed by atoms with Crippen molar-refractivity contribution in [3.8, 4) is 0 Å². The van der Waals surface area contributed by atoms with Crippen molar-refractivity contribution in [2.24, 2.45) is 0 Å². The average Bonchev–Trinajstić information content (AvgIpc) is 3.03. The third-order valence-electron chi connectivity index (χ3n) is 4.70. The van der Waals surface area contributed by atoms with Gasteiger partial charge in [0.15, 0.2) is 0 Å². The van der Waals surface area contributed by atoms with Crippen LogP contribution in [0.3, 0.4) is 0 Å². The Hall–Kier alpha value is -1.40. The summed E-state index contributed by atoms with van der Waals surface area (Å²) in [6, 6.07) is 8.59. The monoisotopic (exact) mass is 348 g/mol. The van der Waals surface area contributed by atoms with Crippen molar-refractivity contribution in [2.45, 2.75) is 25.9 Å². The van der Waals surface area contributed by atoms with E-state index in [2.05, 4.69) is 39.5 Å². The zero-order valence-corrected chi connectivity index (χ0v) is 15.0. The van der Waals surface area contributed by atoms with Crippen LogP contribution in [0.2, 0.25) is 5.02 Å². The van der Waals surface area contributed by atoms with E-state index >= 15 is 0 Å². The van der Waals surface area contributed by atoms with E-state index in [4.69, 9.17) is 16.3 Å². The van der Waals surface area contributed by atoms with E-state index < -0.39 is 0 Å². The topological polar surface area (TPSA) is 53.2 Å². The van der Waals surface area contributed by atoms with E-state index in [0.717, 1.165) is 43.6 Å². The van der Waals surface area contributed by atoms with Crippen LogP contribution in [0.1, 0.15) is 35.8 Å². The second kappa shape index (κ2) is 8.12. The molecule has 2 N–H and O–H groups in total. The first-order valence-corrected chi connectivity index (χ1v) is 8.84. The average molecular weight is 349 g/mol. The summed E-state index contributed by atoms with van der Waals surface area (Å²) in [5.74, 6) is 0. The smallest absolute Gasteiger partial charge is 0.0594 e. The van der Waals surface area contributed by atoms with E-state index in [1.54, 1.807) is 0 Å². The Bertz CT molecular complexity index is 654.